The number of hydrogen-bond donors (Lipinski definition) is 1. The number of carbonyl (C=O) groups is 1. The van der Waals surface area contributed by atoms with Crippen molar-refractivity contribution in [1.82, 2.24) is 14.8 Å². The summed E-state index contributed by atoms with van der Waals surface area (Å²) in [6, 6.07) is 4.76. The van der Waals surface area contributed by atoms with Crippen LogP contribution in [0.1, 0.15) is 16.1 Å². The van der Waals surface area contributed by atoms with Crippen molar-refractivity contribution in [2.45, 2.75) is 6.18 Å². The Balaban J connectivity index is 2.01. The molecule has 3 aromatic rings. The summed E-state index contributed by atoms with van der Waals surface area (Å²) in [5.41, 5.74) is -2.66. The molecule has 0 radical (unpaired) electrons. The number of alkyl halides is 3. The number of rotatable bonds is 3. The van der Waals surface area contributed by atoms with Crippen LogP contribution >= 0.6 is 0 Å². The molecule has 2 heterocycles. The Morgan fingerprint density at radius 1 is 1.15 bits per heavy atom. The second kappa shape index (κ2) is 6.78. The molecule has 1 amide bonds. The van der Waals surface area contributed by atoms with E-state index in [-0.39, 0.29) is 17.1 Å². The number of aryl methyl sites for hydroxylation is 1. The average molecular weight is 382 g/mol. The summed E-state index contributed by atoms with van der Waals surface area (Å²) < 4.78 is 68.3. The number of amides is 1. The highest BCUT2D eigenvalue weighted by Gasteiger charge is 2.36. The van der Waals surface area contributed by atoms with Crippen LogP contribution in [0, 0.1) is 11.6 Å². The largest absolute Gasteiger partial charge is 0.417 e. The molecular formula is C17H11F5N4O. The highest BCUT2D eigenvalue weighted by molar-refractivity contribution is 6.03. The van der Waals surface area contributed by atoms with Crippen LogP contribution in [0.2, 0.25) is 0 Å². The zero-order valence-electron chi connectivity index (χ0n) is 13.7. The van der Waals surface area contributed by atoms with E-state index < -0.39 is 34.8 Å². The van der Waals surface area contributed by atoms with E-state index in [0.29, 0.717) is 0 Å². The lowest BCUT2D eigenvalue weighted by Crippen LogP contribution is -2.14. The maximum absolute atomic E-state index is 14.2. The number of anilines is 1. The molecule has 0 aliphatic carbocycles. The molecule has 140 valence electrons. The van der Waals surface area contributed by atoms with E-state index in [1.54, 1.807) is 0 Å². The van der Waals surface area contributed by atoms with Gasteiger partial charge in [0.05, 0.1) is 23.1 Å². The third-order valence-electron chi connectivity index (χ3n) is 3.71. The molecule has 0 spiro atoms. The molecule has 10 heteroatoms. The van der Waals surface area contributed by atoms with Gasteiger partial charge in [-0.3, -0.25) is 14.5 Å². The Hall–Kier alpha value is -3.30. The Bertz CT molecular complexity index is 1010. The SMILES string of the molecule is Cn1nc(C(=O)Nc2ccncc2F)cc1-c1c(F)cccc1C(F)(F)F. The second-order valence-electron chi connectivity index (χ2n) is 5.51. The second-order valence-corrected chi connectivity index (χ2v) is 5.51. The van der Waals surface area contributed by atoms with E-state index in [1.807, 2.05) is 0 Å². The van der Waals surface area contributed by atoms with Crippen molar-refractivity contribution in [3.05, 3.63) is 65.6 Å². The predicted molar refractivity (Wildman–Crippen MR) is 85.8 cm³/mol. The maximum Gasteiger partial charge on any atom is 0.417 e. The fourth-order valence-electron chi connectivity index (χ4n) is 2.50. The number of nitrogens with one attached hydrogen (secondary N) is 1. The molecule has 1 aromatic carbocycles. The summed E-state index contributed by atoms with van der Waals surface area (Å²) >= 11 is 0. The Morgan fingerprint density at radius 3 is 2.56 bits per heavy atom. The summed E-state index contributed by atoms with van der Waals surface area (Å²) in [6.07, 6.45) is -2.67. The van der Waals surface area contributed by atoms with Crippen molar-refractivity contribution >= 4 is 11.6 Å². The van der Waals surface area contributed by atoms with Crippen LogP contribution in [0.3, 0.4) is 0 Å². The van der Waals surface area contributed by atoms with Gasteiger partial charge < -0.3 is 5.32 Å². The van der Waals surface area contributed by atoms with Gasteiger partial charge in [-0.2, -0.15) is 18.3 Å². The molecule has 0 bridgehead atoms. The highest BCUT2D eigenvalue weighted by Crippen LogP contribution is 2.38. The average Bonchev–Trinajstić information content (AvgIpc) is 2.97. The Kier molecular flexibility index (Phi) is 4.64. The number of aromatic nitrogens is 3. The van der Waals surface area contributed by atoms with Crippen LogP contribution in [-0.2, 0) is 13.2 Å². The van der Waals surface area contributed by atoms with Crippen LogP contribution in [0.5, 0.6) is 0 Å². The van der Waals surface area contributed by atoms with Crippen molar-refractivity contribution in [3.63, 3.8) is 0 Å². The van der Waals surface area contributed by atoms with Gasteiger partial charge in [0.25, 0.3) is 5.91 Å². The summed E-state index contributed by atoms with van der Waals surface area (Å²) in [6.45, 7) is 0. The first kappa shape index (κ1) is 18.5. The first-order valence-corrected chi connectivity index (χ1v) is 7.49. The first-order valence-electron chi connectivity index (χ1n) is 7.49. The molecule has 0 aliphatic heterocycles. The van der Waals surface area contributed by atoms with Crippen LogP contribution in [-0.4, -0.2) is 20.7 Å². The summed E-state index contributed by atoms with van der Waals surface area (Å²) in [5, 5.41) is 6.04. The summed E-state index contributed by atoms with van der Waals surface area (Å²) in [7, 11) is 1.27. The molecule has 0 fully saturated rings. The molecule has 5 nitrogen and oxygen atoms in total. The van der Waals surface area contributed by atoms with Crippen molar-refractivity contribution in [2.24, 2.45) is 7.05 Å². The highest BCUT2D eigenvalue weighted by atomic mass is 19.4. The molecule has 0 saturated heterocycles. The molecule has 2 aromatic heterocycles. The minimum absolute atomic E-state index is 0.177. The topological polar surface area (TPSA) is 59.8 Å². The molecule has 0 unspecified atom stereocenters. The minimum atomic E-state index is -4.80. The van der Waals surface area contributed by atoms with E-state index in [9.17, 15) is 26.7 Å². The van der Waals surface area contributed by atoms with E-state index in [0.717, 1.165) is 35.1 Å². The fraction of sp³-hybridized carbons (Fsp3) is 0.118. The predicted octanol–water partition coefficient (Wildman–Crippen LogP) is 4.03. The van der Waals surface area contributed by atoms with E-state index in [1.165, 1.54) is 19.3 Å². The van der Waals surface area contributed by atoms with Crippen molar-refractivity contribution < 1.29 is 26.7 Å². The lowest BCUT2D eigenvalue weighted by molar-refractivity contribution is -0.137. The van der Waals surface area contributed by atoms with Gasteiger partial charge in [0.1, 0.15) is 5.82 Å². The molecular weight excluding hydrogens is 371 g/mol. The number of nitrogens with zero attached hydrogens (tertiary/aromatic N) is 3. The number of hydrogen-bond acceptors (Lipinski definition) is 3. The van der Waals surface area contributed by atoms with E-state index in [2.05, 4.69) is 15.4 Å². The van der Waals surface area contributed by atoms with Crippen LogP contribution < -0.4 is 5.32 Å². The fourth-order valence-corrected chi connectivity index (χ4v) is 2.50. The smallest absolute Gasteiger partial charge is 0.318 e. The lowest BCUT2D eigenvalue weighted by atomic mass is 10.0. The van der Waals surface area contributed by atoms with Gasteiger partial charge in [0.2, 0.25) is 0 Å². The molecule has 1 N–H and O–H groups in total. The molecule has 0 aliphatic rings. The quantitative estimate of drug-likeness (QED) is 0.696. The van der Waals surface area contributed by atoms with Crippen LogP contribution in [0.4, 0.5) is 27.6 Å². The van der Waals surface area contributed by atoms with Crippen molar-refractivity contribution in [2.75, 3.05) is 5.32 Å². The summed E-state index contributed by atoms with van der Waals surface area (Å²) in [5.74, 6) is -2.78. The minimum Gasteiger partial charge on any atom is -0.318 e. The third kappa shape index (κ3) is 3.64. The zero-order valence-corrected chi connectivity index (χ0v) is 13.7. The Morgan fingerprint density at radius 2 is 1.89 bits per heavy atom. The van der Waals surface area contributed by atoms with Crippen molar-refractivity contribution in [1.29, 1.82) is 0 Å². The monoisotopic (exact) mass is 382 g/mol. The molecule has 27 heavy (non-hydrogen) atoms. The number of pyridine rings is 1. The van der Waals surface area contributed by atoms with Gasteiger partial charge in [0, 0.05) is 18.8 Å². The van der Waals surface area contributed by atoms with Gasteiger partial charge in [0.15, 0.2) is 11.5 Å². The molecule has 3 rings (SSSR count). The standard InChI is InChI=1S/C17H11F5N4O/c1-26-14(15-9(17(20,21)22)3-2-4-10(15)18)7-13(25-26)16(27)24-12-5-6-23-8-11(12)19/h2-8H,1H3,(H,23,24,27). The van der Waals surface area contributed by atoms with Gasteiger partial charge in [-0.15, -0.1) is 0 Å². The van der Waals surface area contributed by atoms with E-state index in [4.69, 9.17) is 0 Å². The van der Waals surface area contributed by atoms with E-state index >= 15 is 0 Å². The van der Waals surface area contributed by atoms with Gasteiger partial charge in [-0.05, 0) is 24.3 Å². The van der Waals surface area contributed by atoms with Gasteiger partial charge >= 0.3 is 6.18 Å². The first-order chi connectivity index (χ1) is 12.7. The van der Waals surface area contributed by atoms with Crippen LogP contribution in [0.15, 0.2) is 42.7 Å². The normalized spacial score (nSPS) is 11.5. The zero-order chi connectivity index (χ0) is 19.8. The van der Waals surface area contributed by atoms with Crippen molar-refractivity contribution in [3.8, 4) is 11.3 Å². The third-order valence-corrected chi connectivity index (χ3v) is 3.71. The van der Waals surface area contributed by atoms with Gasteiger partial charge in [-0.1, -0.05) is 6.07 Å². The van der Waals surface area contributed by atoms with Crippen LogP contribution in [0.25, 0.3) is 11.3 Å². The Labute approximate surface area is 149 Å². The number of benzene rings is 1. The van der Waals surface area contributed by atoms with Gasteiger partial charge in [-0.25, -0.2) is 8.78 Å². The summed E-state index contributed by atoms with van der Waals surface area (Å²) in [4.78, 5) is 15.8. The molecule has 0 saturated carbocycles. The lowest BCUT2D eigenvalue weighted by Gasteiger charge is -2.13. The maximum atomic E-state index is 14.2. The number of halogens is 5. The number of carbonyl (C=O) groups excluding carboxylic acids is 1. The molecule has 0 atom stereocenters.